The van der Waals surface area contributed by atoms with Crippen molar-refractivity contribution >= 4 is 5.69 Å². The third-order valence-electron chi connectivity index (χ3n) is 3.68. The zero-order valence-corrected chi connectivity index (χ0v) is 13.6. The minimum atomic E-state index is 0.214. The van der Waals surface area contributed by atoms with Crippen LogP contribution in [-0.4, -0.2) is 11.9 Å². The van der Waals surface area contributed by atoms with Gasteiger partial charge in [0.05, 0.1) is 0 Å². The maximum Gasteiger partial charge on any atom is 0.0317 e. The first-order valence-corrected chi connectivity index (χ1v) is 7.47. The molecule has 2 N–H and O–H groups in total. The number of nitrogens with zero attached hydrogens (tertiary/aromatic N) is 1. The van der Waals surface area contributed by atoms with Crippen molar-refractivity contribution in [2.24, 2.45) is 0 Å². The highest BCUT2D eigenvalue weighted by molar-refractivity contribution is 5.40. The lowest BCUT2D eigenvalue weighted by atomic mass is 9.87. The minimum absolute atomic E-state index is 0.214. The Morgan fingerprint density at radius 2 is 1.52 bits per heavy atom. The Morgan fingerprint density at radius 1 is 0.905 bits per heavy atom. The average Bonchev–Trinajstić information content (AvgIpc) is 2.38. The molecule has 0 unspecified atom stereocenters. The summed E-state index contributed by atoms with van der Waals surface area (Å²) in [5.41, 5.74) is 10.8. The van der Waals surface area contributed by atoms with Crippen LogP contribution in [-0.2, 0) is 18.5 Å². The molecule has 21 heavy (non-hydrogen) atoms. The standard InChI is InChI=1S/C19H26N2/c1-19(2,3)17-10-8-15(9-11-17)13-21(4)14-16-6-5-7-18(20)12-16/h5-12H,13-14,20H2,1-4H3. The topological polar surface area (TPSA) is 29.3 Å². The van der Waals surface area contributed by atoms with E-state index >= 15 is 0 Å². The first-order valence-electron chi connectivity index (χ1n) is 7.47. The second-order valence-electron chi connectivity index (χ2n) is 6.86. The maximum absolute atomic E-state index is 5.83. The highest BCUT2D eigenvalue weighted by Gasteiger charge is 2.13. The van der Waals surface area contributed by atoms with Gasteiger partial charge in [-0.05, 0) is 41.3 Å². The van der Waals surface area contributed by atoms with Gasteiger partial charge in [0.15, 0.2) is 0 Å². The molecule has 0 aromatic heterocycles. The van der Waals surface area contributed by atoms with E-state index in [1.165, 1.54) is 16.7 Å². The van der Waals surface area contributed by atoms with E-state index in [2.05, 4.69) is 63.1 Å². The van der Waals surface area contributed by atoms with Crippen LogP contribution in [0.5, 0.6) is 0 Å². The summed E-state index contributed by atoms with van der Waals surface area (Å²) in [5, 5.41) is 0. The number of anilines is 1. The van der Waals surface area contributed by atoms with Gasteiger partial charge in [-0.25, -0.2) is 0 Å². The molecule has 0 saturated heterocycles. The molecular formula is C19H26N2. The molecule has 2 nitrogen and oxygen atoms in total. The maximum atomic E-state index is 5.83. The summed E-state index contributed by atoms with van der Waals surface area (Å²) in [7, 11) is 2.14. The largest absolute Gasteiger partial charge is 0.399 e. The highest BCUT2D eigenvalue weighted by atomic mass is 15.1. The number of rotatable bonds is 4. The van der Waals surface area contributed by atoms with Crippen molar-refractivity contribution in [3.8, 4) is 0 Å². The average molecular weight is 282 g/mol. The molecule has 0 heterocycles. The van der Waals surface area contributed by atoms with Gasteiger partial charge < -0.3 is 5.73 Å². The zero-order valence-electron chi connectivity index (χ0n) is 13.6. The molecule has 112 valence electrons. The Bertz CT molecular complexity index is 579. The predicted molar refractivity (Wildman–Crippen MR) is 91.2 cm³/mol. The lowest BCUT2D eigenvalue weighted by Crippen LogP contribution is -2.17. The molecule has 0 saturated carbocycles. The van der Waals surface area contributed by atoms with E-state index < -0.39 is 0 Å². The first kappa shape index (κ1) is 15.6. The number of benzene rings is 2. The van der Waals surface area contributed by atoms with Crippen LogP contribution in [0.4, 0.5) is 5.69 Å². The van der Waals surface area contributed by atoms with E-state index in [-0.39, 0.29) is 5.41 Å². The lowest BCUT2D eigenvalue weighted by Gasteiger charge is -2.21. The Balaban J connectivity index is 1.98. The quantitative estimate of drug-likeness (QED) is 0.852. The van der Waals surface area contributed by atoms with Gasteiger partial charge in [0.2, 0.25) is 0 Å². The number of nitrogen functional groups attached to an aromatic ring is 1. The molecule has 0 fully saturated rings. The van der Waals surface area contributed by atoms with Gasteiger partial charge in [-0.3, -0.25) is 4.90 Å². The molecule has 2 aromatic carbocycles. The van der Waals surface area contributed by atoms with Crippen molar-refractivity contribution in [1.29, 1.82) is 0 Å². The zero-order chi connectivity index (χ0) is 15.5. The summed E-state index contributed by atoms with van der Waals surface area (Å²) in [6.45, 7) is 8.58. The van der Waals surface area contributed by atoms with E-state index in [0.717, 1.165) is 18.8 Å². The van der Waals surface area contributed by atoms with Crippen molar-refractivity contribution in [1.82, 2.24) is 4.90 Å². The molecular weight excluding hydrogens is 256 g/mol. The number of nitrogens with two attached hydrogens (primary N) is 1. The molecule has 0 radical (unpaired) electrons. The summed E-state index contributed by atoms with van der Waals surface area (Å²) in [5.74, 6) is 0. The molecule has 2 aromatic rings. The van der Waals surface area contributed by atoms with Crippen molar-refractivity contribution in [2.75, 3.05) is 12.8 Å². The minimum Gasteiger partial charge on any atom is -0.399 e. The SMILES string of the molecule is CN(Cc1ccc(C(C)(C)C)cc1)Cc1cccc(N)c1. The van der Waals surface area contributed by atoms with Crippen LogP contribution in [0.15, 0.2) is 48.5 Å². The fraction of sp³-hybridized carbons (Fsp3) is 0.368. The van der Waals surface area contributed by atoms with Gasteiger partial charge >= 0.3 is 0 Å². The highest BCUT2D eigenvalue weighted by Crippen LogP contribution is 2.22. The normalized spacial score (nSPS) is 11.9. The van der Waals surface area contributed by atoms with E-state index in [1.54, 1.807) is 0 Å². The third-order valence-corrected chi connectivity index (χ3v) is 3.68. The molecule has 2 rings (SSSR count). The van der Waals surface area contributed by atoms with Crippen LogP contribution >= 0.6 is 0 Å². The Kier molecular flexibility index (Phi) is 4.69. The first-order chi connectivity index (χ1) is 9.84. The van der Waals surface area contributed by atoms with Gasteiger partial charge in [-0.15, -0.1) is 0 Å². The van der Waals surface area contributed by atoms with Crippen molar-refractivity contribution in [2.45, 2.75) is 39.3 Å². The number of hydrogen-bond acceptors (Lipinski definition) is 2. The van der Waals surface area contributed by atoms with Crippen LogP contribution in [0, 0.1) is 0 Å². The summed E-state index contributed by atoms with van der Waals surface area (Å²) in [6.07, 6.45) is 0. The van der Waals surface area contributed by atoms with Gasteiger partial charge in [-0.1, -0.05) is 57.2 Å². The van der Waals surface area contributed by atoms with E-state index in [9.17, 15) is 0 Å². The second kappa shape index (κ2) is 6.31. The van der Waals surface area contributed by atoms with E-state index in [4.69, 9.17) is 5.73 Å². The molecule has 0 spiro atoms. The van der Waals surface area contributed by atoms with Crippen molar-refractivity contribution in [3.05, 3.63) is 65.2 Å². The molecule has 0 amide bonds. The molecule has 0 bridgehead atoms. The Hall–Kier alpha value is -1.80. The lowest BCUT2D eigenvalue weighted by molar-refractivity contribution is 0.319. The third kappa shape index (κ3) is 4.61. The van der Waals surface area contributed by atoms with Crippen molar-refractivity contribution in [3.63, 3.8) is 0 Å². The Morgan fingerprint density at radius 3 is 2.10 bits per heavy atom. The summed E-state index contributed by atoms with van der Waals surface area (Å²) >= 11 is 0. The predicted octanol–water partition coefficient (Wildman–Crippen LogP) is 4.20. The van der Waals surface area contributed by atoms with Crippen molar-refractivity contribution < 1.29 is 0 Å². The summed E-state index contributed by atoms with van der Waals surface area (Å²) < 4.78 is 0. The fourth-order valence-corrected chi connectivity index (χ4v) is 2.48. The number of hydrogen-bond donors (Lipinski definition) is 1. The molecule has 2 heteroatoms. The van der Waals surface area contributed by atoms with Gasteiger partial charge in [0, 0.05) is 18.8 Å². The van der Waals surface area contributed by atoms with E-state index in [0.29, 0.717) is 0 Å². The molecule has 0 aliphatic carbocycles. The molecule has 0 aliphatic heterocycles. The monoisotopic (exact) mass is 282 g/mol. The van der Waals surface area contributed by atoms with E-state index in [1.807, 2.05) is 18.2 Å². The summed E-state index contributed by atoms with van der Waals surface area (Å²) in [6, 6.07) is 17.0. The van der Waals surface area contributed by atoms with Gasteiger partial charge in [-0.2, -0.15) is 0 Å². The van der Waals surface area contributed by atoms with Crippen LogP contribution in [0.2, 0.25) is 0 Å². The Labute approximate surface area is 128 Å². The smallest absolute Gasteiger partial charge is 0.0317 e. The molecule has 0 aliphatic rings. The van der Waals surface area contributed by atoms with Crippen LogP contribution < -0.4 is 5.73 Å². The van der Waals surface area contributed by atoms with Crippen LogP contribution in [0.3, 0.4) is 0 Å². The van der Waals surface area contributed by atoms with Crippen LogP contribution in [0.1, 0.15) is 37.5 Å². The van der Waals surface area contributed by atoms with Gasteiger partial charge in [0.1, 0.15) is 0 Å². The summed E-state index contributed by atoms with van der Waals surface area (Å²) in [4.78, 5) is 2.31. The fourth-order valence-electron chi connectivity index (χ4n) is 2.48. The second-order valence-corrected chi connectivity index (χ2v) is 6.86. The van der Waals surface area contributed by atoms with Crippen LogP contribution in [0.25, 0.3) is 0 Å². The van der Waals surface area contributed by atoms with Gasteiger partial charge in [0.25, 0.3) is 0 Å². The molecule has 0 atom stereocenters.